The second kappa shape index (κ2) is 5.00. The fraction of sp³-hybridized carbons (Fsp3) is 0.588. The van der Waals surface area contributed by atoms with E-state index in [1.165, 1.54) is 12.7 Å². The number of nitrogen functional groups attached to an aromatic ring is 1. The Morgan fingerprint density at radius 2 is 2.04 bits per heavy atom. The SMILES string of the molecule is Nc1cccc(C(=O)NC23CC4CC(C2)CC(n2ncnn2)(C4)C3)n1. The maximum Gasteiger partial charge on any atom is 0.270 e. The monoisotopic (exact) mass is 339 g/mol. The van der Waals surface area contributed by atoms with Crippen LogP contribution in [0.5, 0.6) is 0 Å². The van der Waals surface area contributed by atoms with Crippen molar-refractivity contribution in [3.05, 3.63) is 30.2 Å². The average molecular weight is 339 g/mol. The Balaban J connectivity index is 1.46. The molecule has 0 aromatic carbocycles. The van der Waals surface area contributed by atoms with Crippen molar-refractivity contribution in [2.24, 2.45) is 11.8 Å². The van der Waals surface area contributed by atoms with Crippen molar-refractivity contribution in [2.45, 2.75) is 49.6 Å². The Bertz CT molecular complexity index is 804. The zero-order valence-electron chi connectivity index (χ0n) is 13.9. The van der Waals surface area contributed by atoms with Gasteiger partial charge in [-0.1, -0.05) is 6.07 Å². The molecule has 25 heavy (non-hydrogen) atoms. The highest BCUT2D eigenvalue weighted by Crippen LogP contribution is 2.60. The third-order valence-electron chi connectivity index (χ3n) is 6.19. The molecule has 3 N–H and O–H groups in total. The predicted molar refractivity (Wildman–Crippen MR) is 89.3 cm³/mol. The molecule has 2 unspecified atom stereocenters. The van der Waals surface area contributed by atoms with Gasteiger partial charge in [-0.05, 0) is 67.7 Å². The minimum atomic E-state index is -0.207. The van der Waals surface area contributed by atoms with Gasteiger partial charge in [-0.25, -0.2) is 4.98 Å². The molecule has 8 heteroatoms. The third-order valence-corrected chi connectivity index (χ3v) is 6.19. The van der Waals surface area contributed by atoms with E-state index in [9.17, 15) is 4.79 Å². The first kappa shape index (κ1) is 14.8. The van der Waals surface area contributed by atoms with Gasteiger partial charge in [0.2, 0.25) is 0 Å². The van der Waals surface area contributed by atoms with Crippen LogP contribution in [0.1, 0.15) is 49.0 Å². The molecular weight excluding hydrogens is 318 g/mol. The van der Waals surface area contributed by atoms with E-state index in [1.54, 1.807) is 23.0 Å². The molecule has 6 rings (SSSR count). The van der Waals surface area contributed by atoms with Gasteiger partial charge in [0.25, 0.3) is 5.91 Å². The molecule has 0 spiro atoms. The second-order valence-corrected chi connectivity index (χ2v) is 8.09. The number of hydrogen-bond acceptors (Lipinski definition) is 6. The van der Waals surface area contributed by atoms with Gasteiger partial charge >= 0.3 is 0 Å². The summed E-state index contributed by atoms with van der Waals surface area (Å²) in [5, 5.41) is 15.8. The van der Waals surface area contributed by atoms with Crippen molar-refractivity contribution in [3.8, 4) is 0 Å². The van der Waals surface area contributed by atoms with Crippen LogP contribution in [0.25, 0.3) is 0 Å². The molecule has 4 saturated carbocycles. The quantitative estimate of drug-likeness (QED) is 0.867. The molecule has 2 aromatic heterocycles. The highest BCUT2D eigenvalue weighted by atomic mass is 16.2. The van der Waals surface area contributed by atoms with Crippen LogP contribution in [0.4, 0.5) is 5.82 Å². The number of nitrogens with two attached hydrogens (primary N) is 1. The molecular formula is C17H21N7O. The minimum absolute atomic E-state index is 0.114. The lowest BCUT2D eigenvalue weighted by Crippen LogP contribution is -2.66. The number of amides is 1. The van der Waals surface area contributed by atoms with Crippen molar-refractivity contribution in [3.63, 3.8) is 0 Å². The van der Waals surface area contributed by atoms with Crippen molar-refractivity contribution in [1.29, 1.82) is 0 Å². The first-order chi connectivity index (χ1) is 12.1. The molecule has 0 radical (unpaired) electrons. The van der Waals surface area contributed by atoms with Gasteiger partial charge in [0.1, 0.15) is 11.5 Å². The number of aromatic nitrogens is 5. The molecule has 1 amide bonds. The molecule has 0 saturated heterocycles. The summed E-state index contributed by atoms with van der Waals surface area (Å²) >= 11 is 0. The summed E-state index contributed by atoms with van der Waals surface area (Å²) in [5.41, 5.74) is 5.78. The Hall–Kier alpha value is -2.51. The van der Waals surface area contributed by atoms with Gasteiger partial charge in [-0.15, -0.1) is 10.2 Å². The van der Waals surface area contributed by atoms with Gasteiger partial charge in [0, 0.05) is 5.54 Å². The standard InChI is InChI=1S/C17H21N7O/c18-14-3-1-2-13(21-14)15(25)22-16-5-11-4-12(6-16)8-17(7-11,9-16)24-20-10-19-23-24/h1-3,10-12H,4-9H2,(H2,18,21)(H,22,25). The van der Waals surface area contributed by atoms with Crippen LogP contribution in [-0.4, -0.2) is 36.6 Å². The Morgan fingerprint density at radius 3 is 2.72 bits per heavy atom. The summed E-state index contributed by atoms with van der Waals surface area (Å²) in [4.78, 5) is 18.8. The van der Waals surface area contributed by atoms with E-state index in [4.69, 9.17) is 5.73 Å². The van der Waals surface area contributed by atoms with E-state index in [2.05, 4.69) is 25.7 Å². The first-order valence-electron chi connectivity index (χ1n) is 8.84. The van der Waals surface area contributed by atoms with Crippen molar-refractivity contribution < 1.29 is 4.79 Å². The summed E-state index contributed by atoms with van der Waals surface area (Å²) in [6.07, 6.45) is 7.80. The van der Waals surface area contributed by atoms with Crippen LogP contribution < -0.4 is 11.1 Å². The van der Waals surface area contributed by atoms with Gasteiger partial charge in [-0.2, -0.15) is 4.80 Å². The number of tetrazole rings is 1. The highest BCUT2D eigenvalue weighted by Gasteiger charge is 2.60. The summed E-state index contributed by atoms with van der Waals surface area (Å²) in [6.45, 7) is 0. The number of nitrogens with one attached hydrogen (secondary N) is 1. The Labute approximate surface area is 145 Å². The average Bonchev–Trinajstić information content (AvgIpc) is 3.08. The molecule has 4 fully saturated rings. The molecule has 2 heterocycles. The Kier molecular flexibility index (Phi) is 2.96. The minimum Gasteiger partial charge on any atom is -0.384 e. The number of rotatable bonds is 3. The molecule has 4 aliphatic carbocycles. The van der Waals surface area contributed by atoms with E-state index < -0.39 is 0 Å². The van der Waals surface area contributed by atoms with Gasteiger partial charge in [0.15, 0.2) is 6.33 Å². The lowest BCUT2D eigenvalue weighted by Gasteiger charge is -2.61. The maximum atomic E-state index is 12.8. The van der Waals surface area contributed by atoms with Gasteiger partial charge in [0.05, 0.1) is 5.54 Å². The fourth-order valence-electron chi connectivity index (χ4n) is 5.86. The lowest BCUT2D eigenvalue weighted by molar-refractivity contribution is -0.0811. The lowest BCUT2D eigenvalue weighted by atomic mass is 9.50. The molecule has 0 aliphatic heterocycles. The van der Waals surface area contributed by atoms with Gasteiger partial charge < -0.3 is 11.1 Å². The van der Waals surface area contributed by atoms with Crippen LogP contribution in [0.15, 0.2) is 24.5 Å². The van der Waals surface area contributed by atoms with Crippen LogP contribution >= 0.6 is 0 Å². The zero-order valence-corrected chi connectivity index (χ0v) is 13.9. The smallest absolute Gasteiger partial charge is 0.270 e. The number of carbonyl (C=O) groups is 1. The van der Waals surface area contributed by atoms with Crippen LogP contribution in [0, 0.1) is 11.8 Å². The molecule has 4 aliphatic rings. The Morgan fingerprint density at radius 1 is 1.24 bits per heavy atom. The number of nitrogens with zero attached hydrogens (tertiary/aromatic N) is 5. The third kappa shape index (κ3) is 2.31. The highest BCUT2D eigenvalue weighted by molar-refractivity contribution is 5.93. The summed E-state index contributed by atoms with van der Waals surface area (Å²) in [7, 11) is 0. The fourth-order valence-corrected chi connectivity index (χ4v) is 5.86. The van der Waals surface area contributed by atoms with E-state index in [0.29, 0.717) is 23.3 Å². The summed E-state index contributed by atoms with van der Waals surface area (Å²) in [6, 6.07) is 5.16. The number of pyridine rings is 1. The van der Waals surface area contributed by atoms with Crippen molar-refractivity contribution >= 4 is 11.7 Å². The van der Waals surface area contributed by atoms with Crippen molar-refractivity contribution in [2.75, 3.05) is 5.73 Å². The number of anilines is 1. The summed E-state index contributed by atoms with van der Waals surface area (Å²) < 4.78 is 0. The predicted octanol–water partition coefficient (Wildman–Crippen LogP) is 1.13. The van der Waals surface area contributed by atoms with Crippen molar-refractivity contribution in [1.82, 2.24) is 30.5 Å². The molecule has 130 valence electrons. The molecule has 8 nitrogen and oxygen atoms in total. The second-order valence-electron chi connectivity index (χ2n) is 8.09. The zero-order chi connectivity index (χ0) is 17.1. The topological polar surface area (TPSA) is 112 Å². The first-order valence-corrected chi connectivity index (χ1v) is 8.84. The number of hydrogen-bond donors (Lipinski definition) is 2. The van der Waals surface area contributed by atoms with E-state index in [-0.39, 0.29) is 17.0 Å². The molecule has 4 bridgehead atoms. The summed E-state index contributed by atoms with van der Waals surface area (Å²) in [5.74, 6) is 1.42. The van der Waals surface area contributed by atoms with E-state index in [0.717, 1.165) is 32.1 Å². The largest absolute Gasteiger partial charge is 0.384 e. The van der Waals surface area contributed by atoms with Crippen LogP contribution in [0.3, 0.4) is 0 Å². The van der Waals surface area contributed by atoms with Crippen LogP contribution in [-0.2, 0) is 5.54 Å². The molecule has 2 aromatic rings. The maximum absolute atomic E-state index is 12.8. The van der Waals surface area contributed by atoms with Crippen LogP contribution in [0.2, 0.25) is 0 Å². The number of carbonyl (C=O) groups excluding carboxylic acids is 1. The normalized spacial score (nSPS) is 35.7. The van der Waals surface area contributed by atoms with E-state index in [1.807, 2.05) is 0 Å². The van der Waals surface area contributed by atoms with E-state index >= 15 is 0 Å². The van der Waals surface area contributed by atoms with Gasteiger partial charge in [-0.3, -0.25) is 4.79 Å². The molecule has 2 atom stereocenters.